The smallest absolute Gasteiger partial charge is 0.338 e. The van der Waals surface area contributed by atoms with Crippen molar-refractivity contribution in [2.24, 2.45) is 11.4 Å². The second-order valence-corrected chi connectivity index (χ2v) is 15.0. The monoisotopic (exact) mass is 649 g/mol. The van der Waals surface area contributed by atoms with Crippen LogP contribution in [0.2, 0.25) is 0 Å². The molecule has 248 valence electrons. The molecule has 0 N–H and O–H groups in total. The van der Waals surface area contributed by atoms with E-state index in [2.05, 4.69) is 41.9 Å². The van der Waals surface area contributed by atoms with E-state index in [-0.39, 0.29) is 10.7 Å². The molecule has 10 nitrogen and oxygen atoms in total. The highest BCUT2D eigenvalue weighted by Gasteiger charge is 2.22. The fraction of sp³-hybridized carbons (Fsp3) is 0.514. The summed E-state index contributed by atoms with van der Waals surface area (Å²) in [6, 6.07) is 9.58. The number of imidazole rings is 1. The van der Waals surface area contributed by atoms with Crippen molar-refractivity contribution in [1.29, 1.82) is 0 Å². The van der Waals surface area contributed by atoms with E-state index in [1.165, 1.54) is 19.1 Å². The Bertz CT molecular complexity index is 1730. The minimum Gasteiger partial charge on any atom is -0.494 e. The van der Waals surface area contributed by atoms with Gasteiger partial charge in [0.05, 0.1) is 42.9 Å². The fourth-order valence-electron chi connectivity index (χ4n) is 5.26. The van der Waals surface area contributed by atoms with Crippen molar-refractivity contribution in [3.8, 4) is 17.3 Å². The van der Waals surface area contributed by atoms with Crippen molar-refractivity contribution in [1.82, 2.24) is 19.1 Å². The standard InChI is InChI=1S/C35H47N5O5S/c1-34(2,3)45-29(41)15-13-11-10-12-14-18-40-27(20-23-16-17-25(37-31(23)40)22-36-46-35(4,5)6)32-38-26-19-24(33(42)44-9)21-28(43-8)30(26)39(32)7/h16-17,19-22H,10-15,18H2,1-9H3/b36-22+. The first-order chi connectivity index (χ1) is 21.7. The molecule has 11 heteroatoms. The molecule has 3 aromatic heterocycles. The molecular weight excluding hydrogens is 602 g/mol. The molecule has 0 aliphatic rings. The van der Waals surface area contributed by atoms with E-state index in [0.717, 1.165) is 72.4 Å². The molecule has 0 aliphatic carbocycles. The van der Waals surface area contributed by atoms with Gasteiger partial charge in [0.2, 0.25) is 0 Å². The van der Waals surface area contributed by atoms with Crippen molar-refractivity contribution >= 4 is 52.2 Å². The summed E-state index contributed by atoms with van der Waals surface area (Å²) in [5.41, 5.74) is 3.91. The van der Waals surface area contributed by atoms with E-state index >= 15 is 0 Å². The predicted molar refractivity (Wildman–Crippen MR) is 186 cm³/mol. The fourth-order valence-corrected chi connectivity index (χ4v) is 5.73. The number of nitrogens with zero attached hydrogens (tertiary/aromatic N) is 5. The van der Waals surface area contributed by atoms with Gasteiger partial charge >= 0.3 is 11.9 Å². The lowest BCUT2D eigenvalue weighted by Gasteiger charge is -2.19. The van der Waals surface area contributed by atoms with Crippen LogP contribution in [0, 0.1) is 0 Å². The number of aromatic nitrogens is 4. The van der Waals surface area contributed by atoms with E-state index in [9.17, 15) is 9.59 Å². The highest BCUT2D eigenvalue weighted by molar-refractivity contribution is 7.99. The zero-order valence-electron chi connectivity index (χ0n) is 28.6. The maximum atomic E-state index is 12.4. The number of carbonyl (C=O) groups is 2. The molecule has 0 saturated carbocycles. The summed E-state index contributed by atoms with van der Waals surface area (Å²) in [5, 5.41) is 1.00. The van der Waals surface area contributed by atoms with Crippen LogP contribution in [0.25, 0.3) is 33.6 Å². The highest BCUT2D eigenvalue weighted by atomic mass is 32.2. The number of aryl methyl sites for hydroxylation is 2. The van der Waals surface area contributed by atoms with Crippen molar-refractivity contribution < 1.29 is 23.8 Å². The number of esters is 2. The quantitative estimate of drug-likeness (QED) is 0.0622. The predicted octanol–water partition coefficient (Wildman–Crippen LogP) is 7.93. The van der Waals surface area contributed by atoms with Crippen LogP contribution in [0.4, 0.5) is 0 Å². The molecule has 0 saturated heterocycles. The Hall–Kier alpha value is -3.86. The SMILES string of the molecule is COC(=O)c1cc(OC)c2c(c1)nc(-c1cc3ccc(/C=N/SC(C)(C)C)nc3n1CCCCCCCC(=O)OC(C)(C)C)n2C. The molecule has 0 spiro atoms. The minimum atomic E-state index is -0.451. The first-order valence-corrected chi connectivity index (χ1v) is 16.5. The molecule has 0 aliphatic heterocycles. The maximum absolute atomic E-state index is 12.4. The average Bonchev–Trinajstić information content (AvgIpc) is 3.50. The number of pyridine rings is 1. The Labute approximate surface area is 276 Å². The van der Waals surface area contributed by atoms with Crippen molar-refractivity contribution in [2.75, 3.05) is 14.2 Å². The molecule has 4 aromatic rings. The van der Waals surface area contributed by atoms with Crippen LogP contribution in [-0.2, 0) is 27.9 Å². The average molecular weight is 650 g/mol. The normalized spacial score (nSPS) is 12.4. The van der Waals surface area contributed by atoms with Gasteiger partial charge in [-0.2, -0.15) is 0 Å². The van der Waals surface area contributed by atoms with E-state index in [1.807, 2.05) is 44.7 Å². The lowest BCUT2D eigenvalue weighted by molar-refractivity contribution is -0.154. The lowest BCUT2D eigenvalue weighted by Crippen LogP contribution is -2.23. The van der Waals surface area contributed by atoms with Crippen LogP contribution in [0.15, 0.2) is 34.7 Å². The minimum absolute atomic E-state index is 0.00981. The van der Waals surface area contributed by atoms with E-state index < -0.39 is 11.6 Å². The summed E-state index contributed by atoms with van der Waals surface area (Å²) in [4.78, 5) is 34.4. The van der Waals surface area contributed by atoms with E-state index in [0.29, 0.717) is 23.3 Å². The summed E-state index contributed by atoms with van der Waals surface area (Å²) in [6.07, 6.45) is 7.00. The van der Waals surface area contributed by atoms with Gasteiger partial charge < -0.3 is 23.3 Å². The molecule has 0 radical (unpaired) electrons. The van der Waals surface area contributed by atoms with Crippen LogP contribution in [-0.4, -0.2) is 61.8 Å². The molecule has 1 aromatic carbocycles. The number of hydrogen-bond acceptors (Lipinski definition) is 9. The summed E-state index contributed by atoms with van der Waals surface area (Å²) >= 11 is 1.52. The van der Waals surface area contributed by atoms with Crippen molar-refractivity contribution in [3.05, 3.63) is 41.6 Å². The number of benzene rings is 1. The molecule has 0 atom stereocenters. The molecule has 3 heterocycles. The van der Waals surface area contributed by atoms with Gasteiger partial charge in [-0.05, 0) is 96.7 Å². The second-order valence-electron chi connectivity index (χ2n) is 13.4. The molecule has 0 unspecified atom stereocenters. The number of carbonyl (C=O) groups excluding carboxylic acids is 2. The molecule has 0 fully saturated rings. The molecule has 46 heavy (non-hydrogen) atoms. The van der Waals surface area contributed by atoms with Crippen LogP contribution in [0.5, 0.6) is 5.75 Å². The van der Waals surface area contributed by atoms with Gasteiger partial charge in [0.1, 0.15) is 22.5 Å². The summed E-state index contributed by atoms with van der Waals surface area (Å²) < 4.78 is 24.9. The Morgan fingerprint density at radius 2 is 1.67 bits per heavy atom. The van der Waals surface area contributed by atoms with E-state index in [4.69, 9.17) is 24.2 Å². The third-order valence-corrected chi connectivity index (χ3v) is 8.02. The topological polar surface area (TPSA) is 110 Å². The Morgan fingerprint density at radius 3 is 2.35 bits per heavy atom. The van der Waals surface area contributed by atoms with E-state index in [1.54, 1.807) is 19.2 Å². The number of hydrogen-bond donors (Lipinski definition) is 0. The highest BCUT2D eigenvalue weighted by Crippen LogP contribution is 2.34. The molecule has 0 bridgehead atoms. The molecule has 4 rings (SSSR count). The van der Waals surface area contributed by atoms with Gasteiger partial charge in [-0.3, -0.25) is 4.79 Å². The number of ether oxygens (including phenoxy) is 3. The summed E-state index contributed by atoms with van der Waals surface area (Å²) in [6.45, 7) is 12.8. The first kappa shape index (κ1) is 35.0. The number of fused-ring (bicyclic) bond motifs is 2. The van der Waals surface area contributed by atoms with Crippen LogP contribution >= 0.6 is 11.9 Å². The summed E-state index contributed by atoms with van der Waals surface area (Å²) in [7, 11) is 4.89. The summed E-state index contributed by atoms with van der Waals surface area (Å²) in [5.74, 6) is 0.695. The molecule has 0 amide bonds. The number of methoxy groups -OCH3 is 2. The maximum Gasteiger partial charge on any atom is 0.338 e. The third-order valence-electron chi connectivity index (χ3n) is 7.26. The lowest BCUT2D eigenvalue weighted by atomic mass is 10.1. The largest absolute Gasteiger partial charge is 0.494 e. The van der Waals surface area contributed by atoms with Crippen LogP contribution in [0.1, 0.15) is 96.1 Å². The van der Waals surface area contributed by atoms with Gasteiger partial charge in [-0.1, -0.05) is 19.3 Å². The van der Waals surface area contributed by atoms with Gasteiger partial charge in [0.15, 0.2) is 5.82 Å². The van der Waals surface area contributed by atoms with Gasteiger partial charge in [-0.25, -0.2) is 19.2 Å². The van der Waals surface area contributed by atoms with Gasteiger partial charge in [0.25, 0.3) is 0 Å². The number of rotatable bonds is 13. The first-order valence-electron chi connectivity index (χ1n) is 15.8. The Kier molecular flexibility index (Phi) is 11.2. The Balaban J connectivity index is 1.63. The Morgan fingerprint density at radius 1 is 0.957 bits per heavy atom. The third kappa shape index (κ3) is 8.90. The van der Waals surface area contributed by atoms with Crippen LogP contribution < -0.4 is 4.74 Å². The van der Waals surface area contributed by atoms with Gasteiger partial charge in [-0.15, -0.1) is 0 Å². The zero-order chi connectivity index (χ0) is 33.6. The zero-order valence-corrected chi connectivity index (χ0v) is 29.4. The van der Waals surface area contributed by atoms with Gasteiger partial charge in [0, 0.05) is 30.1 Å². The second kappa shape index (κ2) is 14.7. The molecular formula is C35H47N5O5S. The van der Waals surface area contributed by atoms with Crippen molar-refractivity contribution in [2.45, 2.75) is 97.0 Å². The van der Waals surface area contributed by atoms with Crippen molar-refractivity contribution in [3.63, 3.8) is 0 Å². The number of unbranched alkanes of at least 4 members (excludes halogenated alkanes) is 4. The van der Waals surface area contributed by atoms with Crippen LogP contribution in [0.3, 0.4) is 0 Å².